The van der Waals surface area contributed by atoms with Gasteiger partial charge in [-0.1, -0.05) is 0 Å². The predicted molar refractivity (Wildman–Crippen MR) is 43.3 cm³/mol. The minimum absolute atomic E-state index is 0.0519. The van der Waals surface area contributed by atoms with Gasteiger partial charge in [0.1, 0.15) is 0 Å². The van der Waals surface area contributed by atoms with Crippen molar-refractivity contribution in [3.05, 3.63) is 0 Å². The van der Waals surface area contributed by atoms with E-state index in [4.69, 9.17) is 5.11 Å². The fourth-order valence-electron chi connectivity index (χ4n) is 0.758. The normalized spacial score (nSPS) is 10.9. The molecule has 0 rings (SSSR count). The quantitative estimate of drug-likeness (QED) is 0.446. The molecule has 0 fully saturated rings. The van der Waals surface area contributed by atoms with Gasteiger partial charge in [0.2, 0.25) is 0 Å². The Bertz CT molecular complexity index is 284. The van der Waals surface area contributed by atoms with E-state index in [0.717, 1.165) is 0 Å². The number of aliphatic carboxylic acids is 1. The van der Waals surface area contributed by atoms with Crippen LogP contribution in [0.2, 0.25) is 0 Å². The summed E-state index contributed by atoms with van der Waals surface area (Å²) < 4.78 is 38.3. The van der Waals surface area contributed by atoms with Gasteiger partial charge >= 0.3 is 24.1 Å². The van der Waals surface area contributed by atoms with Gasteiger partial charge in [-0.3, -0.25) is 9.59 Å². The number of carbonyl (C=O) groups is 3. The highest BCUT2D eigenvalue weighted by Gasteiger charge is 2.42. The molecule has 5 nitrogen and oxygen atoms in total. The van der Waals surface area contributed by atoms with Crippen LogP contribution in [0.5, 0.6) is 0 Å². The first-order valence-electron chi connectivity index (χ1n) is 4.27. The van der Waals surface area contributed by atoms with Gasteiger partial charge in [-0.25, -0.2) is 4.79 Å². The number of carboxylic acids is 1. The maximum Gasteiger partial charge on any atom is 0.491 e. The standard InChI is InChI=1S/C8H9F3O5/c9-8(10,11)7(15)16-6(14)4-2-1-3-5(12)13/h1-4H2,(H,12,13). The van der Waals surface area contributed by atoms with E-state index in [2.05, 4.69) is 4.74 Å². The summed E-state index contributed by atoms with van der Waals surface area (Å²) in [5.41, 5.74) is 0. The zero-order valence-corrected chi connectivity index (χ0v) is 8.04. The van der Waals surface area contributed by atoms with Crippen LogP contribution in [0.4, 0.5) is 13.2 Å². The van der Waals surface area contributed by atoms with Crippen molar-refractivity contribution in [3.63, 3.8) is 0 Å². The van der Waals surface area contributed by atoms with E-state index in [1.165, 1.54) is 0 Å². The molecule has 0 heterocycles. The molecule has 0 atom stereocenters. The highest BCUT2D eigenvalue weighted by atomic mass is 19.4. The van der Waals surface area contributed by atoms with E-state index >= 15 is 0 Å². The number of esters is 2. The Hall–Kier alpha value is -1.60. The molecule has 92 valence electrons. The first-order valence-corrected chi connectivity index (χ1v) is 4.27. The van der Waals surface area contributed by atoms with Gasteiger partial charge in [0.05, 0.1) is 0 Å². The fraction of sp³-hybridized carbons (Fsp3) is 0.625. The summed E-state index contributed by atoms with van der Waals surface area (Å²) in [7, 11) is 0. The van der Waals surface area contributed by atoms with Gasteiger partial charge in [-0.15, -0.1) is 0 Å². The fourth-order valence-corrected chi connectivity index (χ4v) is 0.758. The Kier molecular flexibility index (Phi) is 5.48. The van der Waals surface area contributed by atoms with Crippen LogP contribution in [0, 0.1) is 0 Å². The minimum atomic E-state index is -5.20. The summed E-state index contributed by atoms with van der Waals surface area (Å²) in [6, 6.07) is 0. The van der Waals surface area contributed by atoms with Crippen LogP contribution in [0.25, 0.3) is 0 Å². The average molecular weight is 242 g/mol. The van der Waals surface area contributed by atoms with Crippen LogP contribution in [-0.2, 0) is 19.1 Å². The Labute approximate surface area is 88.2 Å². The van der Waals surface area contributed by atoms with Crippen LogP contribution >= 0.6 is 0 Å². The number of halogens is 3. The van der Waals surface area contributed by atoms with Gasteiger partial charge in [-0.05, 0) is 12.8 Å². The zero-order chi connectivity index (χ0) is 12.8. The van der Waals surface area contributed by atoms with Crippen LogP contribution in [0.15, 0.2) is 0 Å². The second kappa shape index (κ2) is 6.09. The lowest BCUT2D eigenvalue weighted by Crippen LogP contribution is -2.27. The molecule has 0 aliphatic heterocycles. The Balaban J connectivity index is 3.76. The van der Waals surface area contributed by atoms with E-state index < -0.39 is 30.5 Å². The van der Waals surface area contributed by atoms with E-state index in [9.17, 15) is 27.6 Å². The number of unbranched alkanes of at least 4 members (excludes halogenated alkanes) is 1. The summed E-state index contributed by atoms with van der Waals surface area (Å²) in [5, 5.41) is 8.21. The lowest BCUT2D eigenvalue weighted by atomic mass is 10.2. The van der Waals surface area contributed by atoms with Crippen LogP contribution in [-0.4, -0.2) is 29.2 Å². The van der Waals surface area contributed by atoms with Crippen molar-refractivity contribution in [2.75, 3.05) is 0 Å². The van der Waals surface area contributed by atoms with E-state index in [0.29, 0.717) is 0 Å². The van der Waals surface area contributed by atoms with Crippen LogP contribution in [0.1, 0.15) is 25.7 Å². The van der Waals surface area contributed by atoms with Crippen molar-refractivity contribution in [2.45, 2.75) is 31.9 Å². The largest absolute Gasteiger partial charge is 0.491 e. The molecule has 0 amide bonds. The molecule has 1 N–H and O–H groups in total. The third-order valence-corrected chi connectivity index (χ3v) is 1.46. The third-order valence-electron chi connectivity index (χ3n) is 1.46. The maximum atomic E-state index is 11.6. The van der Waals surface area contributed by atoms with Gasteiger partial charge in [0.25, 0.3) is 0 Å². The topological polar surface area (TPSA) is 80.7 Å². The number of ether oxygens (including phenoxy) is 1. The first kappa shape index (κ1) is 14.4. The smallest absolute Gasteiger partial charge is 0.481 e. The second-order valence-electron chi connectivity index (χ2n) is 2.86. The van der Waals surface area contributed by atoms with Crippen molar-refractivity contribution < 1.29 is 37.4 Å². The van der Waals surface area contributed by atoms with E-state index in [1.807, 2.05) is 0 Å². The molecule has 0 aliphatic carbocycles. The Morgan fingerprint density at radius 1 is 1.06 bits per heavy atom. The molecule has 0 saturated heterocycles. The molecular formula is C8H9F3O5. The van der Waals surface area contributed by atoms with Gasteiger partial charge in [-0.2, -0.15) is 13.2 Å². The molecule has 0 radical (unpaired) electrons. The zero-order valence-electron chi connectivity index (χ0n) is 8.04. The molecular weight excluding hydrogens is 233 g/mol. The molecule has 0 aromatic carbocycles. The predicted octanol–water partition coefficient (Wildman–Crippen LogP) is 1.26. The summed E-state index contributed by atoms with van der Waals surface area (Å²) in [6.45, 7) is 0. The second-order valence-corrected chi connectivity index (χ2v) is 2.86. The van der Waals surface area contributed by atoms with Crippen LogP contribution in [0.3, 0.4) is 0 Å². The molecule has 0 unspecified atom stereocenters. The molecule has 0 aromatic rings. The molecule has 0 saturated carbocycles. The van der Waals surface area contributed by atoms with Crippen molar-refractivity contribution in [3.8, 4) is 0 Å². The number of alkyl halides is 3. The highest BCUT2D eigenvalue weighted by Crippen LogP contribution is 2.17. The molecule has 8 heteroatoms. The Morgan fingerprint density at radius 2 is 1.56 bits per heavy atom. The molecule has 0 aromatic heterocycles. The number of carboxylic acid groups (broad SMARTS) is 1. The van der Waals surface area contributed by atoms with Crippen LogP contribution < -0.4 is 0 Å². The monoisotopic (exact) mass is 242 g/mol. The number of hydrogen-bond acceptors (Lipinski definition) is 4. The van der Waals surface area contributed by atoms with Gasteiger partial charge in [0, 0.05) is 12.8 Å². The molecule has 0 aliphatic rings. The molecule has 16 heavy (non-hydrogen) atoms. The van der Waals surface area contributed by atoms with Crippen molar-refractivity contribution in [2.24, 2.45) is 0 Å². The lowest BCUT2D eigenvalue weighted by molar-refractivity contribution is -0.201. The number of rotatable bonds is 5. The molecule has 0 spiro atoms. The first-order chi connectivity index (χ1) is 7.23. The third kappa shape index (κ3) is 6.80. The van der Waals surface area contributed by atoms with Gasteiger partial charge in [0.15, 0.2) is 0 Å². The van der Waals surface area contributed by atoms with Gasteiger partial charge < -0.3 is 9.84 Å². The SMILES string of the molecule is O=C(O)CCCCC(=O)OC(=O)C(F)(F)F. The van der Waals surface area contributed by atoms with Crippen molar-refractivity contribution in [1.82, 2.24) is 0 Å². The number of hydrogen-bond donors (Lipinski definition) is 1. The maximum absolute atomic E-state index is 11.6. The minimum Gasteiger partial charge on any atom is -0.481 e. The van der Waals surface area contributed by atoms with Crippen molar-refractivity contribution in [1.29, 1.82) is 0 Å². The summed E-state index contributed by atoms with van der Waals surface area (Å²) in [4.78, 5) is 30.8. The summed E-state index contributed by atoms with van der Waals surface area (Å²) in [6.07, 6.45) is -5.63. The average Bonchev–Trinajstić information content (AvgIpc) is 2.10. The summed E-state index contributed by atoms with van der Waals surface area (Å²) >= 11 is 0. The number of carbonyl (C=O) groups excluding carboxylic acids is 2. The Morgan fingerprint density at radius 3 is 2.00 bits per heavy atom. The highest BCUT2D eigenvalue weighted by molar-refractivity contribution is 5.88. The summed E-state index contributed by atoms with van der Waals surface area (Å²) in [5.74, 6) is -4.94. The van der Waals surface area contributed by atoms with Crippen molar-refractivity contribution >= 4 is 17.9 Å². The van der Waals surface area contributed by atoms with E-state index in [1.54, 1.807) is 0 Å². The molecule has 0 bridgehead atoms. The van der Waals surface area contributed by atoms with E-state index in [-0.39, 0.29) is 19.3 Å². The lowest BCUT2D eigenvalue weighted by Gasteiger charge is -2.04.